The lowest BCUT2D eigenvalue weighted by Gasteiger charge is -2.35. The van der Waals surface area contributed by atoms with Crippen LogP contribution in [0.2, 0.25) is 0 Å². The van der Waals surface area contributed by atoms with Gasteiger partial charge in [-0.3, -0.25) is 4.79 Å². The lowest BCUT2D eigenvalue weighted by atomic mass is 10.0. The standard InChI is InChI=1S/C22H31BrN4O3/c1-4-25(5-2)10-11-26-9-7-8-16(14-26)27-15-18(22(29)30-6-3)21(28)17-12-20(23)24-13-19(17)27/h12-13,15-16H,4-11,14H2,1-3H3. The Bertz CT molecular complexity index is 942. The molecule has 0 spiro atoms. The minimum Gasteiger partial charge on any atom is -0.462 e. The number of pyridine rings is 2. The Morgan fingerprint density at radius 1 is 1.33 bits per heavy atom. The van der Waals surface area contributed by atoms with Crippen molar-refractivity contribution in [1.29, 1.82) is 0 Å². The molecule has 8 heteroatoms. The summed E-state index contributed by atoms with van der Waals surface area (Å²) in [5, 5.41) is 0.489. The Morgan fingerprint density at radius 3 is 2.80 bits per heavy atom. The average molecular weight is 479 g/mol. The lowest BCUT2D eigenvalue weighted by Crippen LogP contribution is -2.41. The second-order valence-electron chi connectivity index (χ2n) is 7.65. The molecule has 30 heavy (non-hydrogen) atoms. The van der Waals surface area contributed by atoms with Crippen LogP contribution < -0.4 is 5.43 Å². The zero-order valence-electron chi connectivity index (χ0n) is 18.1. The van der Waals surface area contributed by atoms with Gasteiger partial charge in [0.1, 0.15) is 10.2 Å². The highest BCUT2D eigenvalue weighted by Crippen LogP contribution is 2.26. The van der Waals surface area contributed by atoms with Crippen LogP contribution in [0.4, 0.5) is 0 Å². The van der Waals surface area contributed by atoms with Gasteiger partial charge in [0.05, 0.1) is 23.7 Å². The van der Waals surface area contributed by atoms with E-state index in [1.165, 1.54) is 0 Å². The number of likely N-dealkylation sites (N-methyl/N-ethyl adjacent to an activating group) is 1. The maximum Gasteiger partial charge on any atom is 0.343 e. The molecular formula is C22H31BrN4O3. The number of piperidine rings is 1. The predicted octanol–water partition coefficient (Wildman–Crippen LogP) is 3.31. The van der Waals surface area contributed by atoms with E-state index < -0.39 is 5.97 Å². The third-order valence-electron chi connectivity index (χ3n) is 5.88. The van der Waals surface area contributed by atoms with Crippen LogP contribution in [-0.2, 0) is 4.74 Å². The second kappa shape index (κ2) is 10.5. The maximum absolute atomic E-state index is 13.0. The van der Waals surface area contributed by atoms with Gasteiger partial charge in [-0.1, -0.05) is 13.8 Å². The topological polar surface area (TPSA) is 67.7 Å². The van der Waals surface area contributed by atoms with E-state index in [1.54, 1.807) is 25.4 Å². The number of ether oxygens (including phenoxy) is 1. The minimum atomic E-state index is -0.569. The number of fused-ring (bicyclic) bond motifs is 1. The number of hydrogen-bond donors (Lipinski definition) is 0. The summed E-state index contributed by atoms with van der Waals surface area (Å²) in [5.41, 5.74) is 0.534. The zero-order chi connectivity index (χ0) is 21.7. The molecule has 1 unspecified atom stereocenters. The van der Waals surface area contributed by atoms with Crippen molar-refractivity contribution in [3.05, 3.63) is 38.9 Å². The summed E-state index contributed by atoms with van der Waals surface area (Å²) in [6, 6.07) is 1.87. The molecule has 2 aromatic heterocycles. The Labute approximate surface area is 186 Å². The molecule has 0 amide bonds. The Morgan fingerprint density at radius 2 is 2.10 bits per heavy atom. The minimum absolute atomic E-state index is 0.0858. The van der Waals surface area contributed by atoms with Crippen LogP contribution in [0, 0.1) is 0 Å². The van der Waals surface area contributed by atoms with Gasteiger partial charge >= 0.3 is 5.97 Å². The van der Waals surface area contributed by atoms with Crippen molar-refractivity contribution in [3.8, 4) is 0 Å². The fourth-order valence-electron chi connectivity index (χ4n) is 4.16. The normalized spacial score (nSPS) is 17.6. The highest BCUT2D eigenvalue weighted by Gasteiger charge is 2.25. The van der Waals surface area contributed by atoms with Crippen molar-refractivity contribution in [2.75, 3.05) is 45.9 Å². The molecule has 2 aromatic rings. The van der Waals surface area contributed by atoms with E-state index in [1.807, 2.05) is 0 Å². The molecule has 3 rings (SSSR count). The van der Waals surface area contributed by atoms with Gasteiger partial charge in [-0.25, -0.2) is 9.78 Å². The summed E-state index contributed by atoms with van der Waals surface area (Å²) in [7, 11) is 0. The molecule has 0 aromatic carbocycles. The van der Waals surface area contributed by atoms with Gasteiger partial charge in [0.25, 0.3) is 0 Å². The van der Waals surface area contributed by atoms with E-state index in [4.69, 9.17) is 4.74 Å². The number of rotatable bonds is 8. The lowest BCUT2D eigenvalue weighted by molar-refractivity contribution is 0.0523. The number of carbonyl (C=O) groups excluding carboxylic acids is 1. The number of hydrogen-bond acceptors (Lipinski definition) is 6. The van der Waals surface area contributed by atoms with Gasteiger partial charge < -0.3 is 19.1 Å². The van der Waals surface area contributed by atoms with Crippen molar-refractivity contribution in [2.45, 2.75) is 39.7 Å². The third-order valence-corrected chi connectivity index (χ3v) is 6.32. The summed E-state index contributed by atoms with van der Waals surface area (Å²) >= 11 is 3.35. The van der Waals surface area contributed by atoms with Crippen LogP contribution >= 0.6 is 15.9 Å². The molecule has 0 saturated carbocycles. The van der Waals surface area contributed by atoms with Gasteiger partial charge in [-0.15, -0.1) is 0 Å². The molecule has 3 heterocycles. The van der Waals surface area contributed by atoms with Crippen molar-refractivity contribution in [1.82, 2.24) is 19.4 Å². The van der Waals surface area contributed by atoms with E-state index >= 15 is 0 Å². The van der Waals surface area contributed by atoms with Crippen molar-refractivity contribution < 1.29 is 9.53 Å². The largest absolute Gasteiger partial charge is 0.462 e. The summed E-state index contributed by atoms with van der Waals surface area (Å²) in [6.45, 7) is 12.5. The van der Waals surface area contributed by atoms with Crippen LogP contribution in [0.15, 0.2) is 27.9 Å². The Balaban J connectivity index is 1.94. The van der Waals surface area contributed by atoms with E-state index in [9.17, 15) is 9.59 Å². The molecule has 0 aliphatic carbocycles. The second-order valence-corrected chi connectivity index (χ2v) is 8.46. The molecular weight excluding hydrogens is 448 g/mol. The molecule has 0 N–H and O–H groups in total. The first kappa shape index (κ1) is 22.9. The molecule has 0 bridgehead atoms. The fraction of sp³-hybridized carbons (Fsp3) is 0.591. The van der Waals surface area contributed by atoms with Crippen molar-refractivity contribution in [2.24, 2.45) is 0 Å². The van der Waals surface area contributed by atoms with E-state index in [2.05, 4.69) is 49.1 Å². The number of carbonyl (C=O) groups is 1. The number of nitrogens with zero attached hydrogens (tertiary/aromatic N) is 4. The predicted molar refractivity (Wildman–Crippen MR) is 122 cm³/mol. The SMILES string of the molecule is CCOC(=O)c1cn(C2CCCN(CCN(CC)CC)C2)c2cnc(Br)cc2c1=O. The van der Waals surface area contributed by atoms with Gasteiger partial charge in [-0.05, 0) is 61.4 Å². The van der Waals surface area contributed by atoms with E-state index in [-0.39, 0.29) is 23.6 Å². The number of likely N-dealkylation sites (tertiary alicyclic amines) is 1. The van der Waals surface area contributed by atoms with Crippen LogP contribution in [0.25, 0.3) is 10.9 Å². The van der Waals surface area contributed by atoms with E-state index in [0.717, 1.165) is 57.6 Å². The molecule has 7 nitrogen and oxygen atoms in total. The molecule has 164 valence electrons. The highest BCUT2D eigenvalue weighted by atomic mass is 79.9. The summed E-state index contributed by atoms with van der Waals surface area (Å²) in [4.78, 5) is 34.7. The fourth-order valence-corrected chi connectivity index (χ4v) is 4.49. The molecule has 1 atom stereocenters. The molecule has 1 fully saturated rings. The quantitative estimate of drug-likeness (QED) is 0.428. The maximum atomic E-state index is 13.0. The highest BCUT2D eigenvalue weighted by molar-refractivity contribution is 9.10. The monoisotopic (exact) mass is 478 g/mol. The third kappa shape index (κ3) is 5.10. The van der Waals surface area contributed by atoms with Gasteiger partial charge in [0, 0.05) is 31.9 Å². The summed E-state index contributed by atoms with van der Waals surface area (Å²) < 4.78 is 7.78. The number of esters is 1. The first-order valence-electron chi connectivity index (χ1n) is 10.8. The average Bonchev–Trinajstić information content (AvgIpc) is 2.75. The van der Waals surface area contributed by atoms with Crippen molar-refractivity contribution >= 4 is 32.8 Å². The number of halogens is 1. The molecule has 1 aliphatic heterocycles. The first-order chi connectivity index (χ1) is 14.5. The Hall–Kier alpha value is -1.77. The Kier molecular flexibility index (Phi) is 8.02. The summed E-state index contributed by atoms with van der Waals surface area (Å²) in [5.74, 6) is -0.569. The number of aromatic nitrogens is 2. The van der Waals surface area contributed by atoms with Gasteiger partial charge in [-0.2, -0.15) is 0 Å². The van der Waals surface area contributed by atoms with Crippen LogP contribution in [0.5, 0.6) is 0 Å². The zero-order valence-corrected chi connectivity index (χ0v) is 19.7. The van der Waals surface area contributed by atoms with Crippen LogP contribution in [-0.4, -0.2) is 71.2 Å². The van der Waals surface area contributed by atoms with Gasteiger partial charge in [0.2, 0.25) is 5.43 Å². The van der Waals surface area contributed by atoms with Crippen LogP contribution in [0.1, 0.15) is 50.0 Å². The van der Waals surface area contributed by atoms with Crippen LogP contribution in [0.3, 0.4) is 0 Å². The first-order valence-corrected chi connectivity index (χ1v) is 11.6. The molecule has 1 aliphatic rings. The summed E-state index contributed by atoms with van der Waals surface area (Å²) in [6.07, 6.45) is 5.47. The van der Waals surface area contributed by atoms with Gasteiger partial charge in [0.15, 0.2) is 0 Å². The smallest absolute Gasteiger partial charge is 0.343 e. The van der Waals surface area contributed by atoms with Crippen molar-refractivity contribution in [3.63, 3.8) is 0 Å². The molecule has 0 radical (unpaired) electrons. The molecule has 1 saturated heterocycles. The van der Waals surface area contributed by atoms with E-state index in [0.29, 0.717) is 9.99 Å².